The van der Waals surface area contributed by atoms with Gasteiger partial charge in [-0.05, 0) is 37.6 Å². The number of aromatic nitrogens is 1. The van der Waals surface area contributed by atoms with Crippen LogP contribution in [0.4, 0.5) is 0 Å². The van der Waals surface area contributed by atoms with Crippen LogP contribution < -0.4 is 10.1 Å². The van der Waals surface area contributed by atoms with E-state index >= 15 is 0 Å². The molecule has 114 valence electrons. The van der Waals surface area contributed by atoms with Crippen molar-refractivity contribution >= 4 is 11.8 Å². The number of rotatable bonds is 8. The summed E-state index contributed by atoms with van der Waals surface area (Å²) in [6.07, 6.45) is 2.81. The molecule has 4 nitrogen and oxygen atoms in total. The summed E-state index contributed by atoms with van der Waals surface area (Å²) in [5.41, 5.74) is 3.33. The number of methoxy groups -OCH3 is 1. The predicted molar refractivity (Wildman–Crippen MR) is 85.8 cm³/mol. The first-order valence-electron chi connectivity index (χ1n) is 7.14. The number of nitrogens with zero attached hydrogens (tertiary/aromatic N) is 1. The van der Waals surface area contributed by atoms with Gasteiger partial charge < -0.3 is 14.5 Å². The molecule has 5 heteroatoms. The van der Waals surface area contributed by atoms with Crippen LogP contribution in [0.1, 0.15) is 30.2 Å². The van der Waals surface area contributed by atoms with Crippen LogP contribution in [0.25, 0.3) is 0 Å². The molecule has 0 aliphatic heterocycles. The van der Waals surface area contributed by atoms with E-state index in [1.807, 2.05) is 13.0 Å². The van der Waals surface area contributed by atoms with Gasteiger partial charge in [0.2, 0.25) is 0 Å². The first-order chi connectivity index (χ1) is 10.2. The number of aryl methyl sites for hydroxylation is 1. The lowest BCUT2D eigenvalue weighted by Gasteiger charge is -2.10. The highest BCUT2D eigenvalue weighted by atomic mass is 32.2. The normalized spacial score (nSPS) is 10.8. The second-order valence-corrected chi connectivity index (χ2v) is 5.79. The molecule has 1 heterocycles. The van der Waals surface area contributed by atoms with E-state index in [4.69, 9.17) is 9.15 Å². The monoisotopic (exact) mass is 306 g/mol. The highest BCUT2D eigenvalue weighted by Crippen LogP contribution is 2.28. The lowest BCUT2D eigenvalue weighted by atomic mass is 10.1. The van der Waals surface area contributed by atoms with Gasteiger partial charge in [0.05, 0.1) is 12.8 Å². The Kier molecular flexibility index (Phi) is 6.14. The third-order valence-electron chi connectivity index (χ3n) is 3.05. The summed E-state index contributed by atoms with van der Waals surface area (Å²) in [4.78, 5) is 4.31. The van der Waals surface area contributed by atoms with Crippen molar-refractivity contribution in [2.75, 3.05) is 13.7 Å². The van der Waals surface area contributed by atoms with Gasteiger partial charge in [0.1, 0.15) is 12.0 Å². The largest absolute Gasteiger partial charge is 0.496 e. The Morgan fingerprint density at radius 1 is 1.38 bits per heavy atom. The zero-order valence-corrected chi connectivity index (χ0v) is 13.6. The van der Waals surface area contributed by atoms with Crippen LogP contribution in [-0.4, -0.2) is 18.6 Å². The third-order valence-corrected chi connectivity index (χ3v) is 3.94. The number of thioether (sulfide) groups is 1. The molecule has 0 fully saturated rings. The van der Waals surface area contributed by atoms with Crippen molar-refractivity contribution in [3.05, 3.63) is 41.3 Å². The summed E-state index contributed by atoms with van der Waals surface area (Å²) in [6, 6.07) is 6.31. The van der Waals surface area contributed by atoms with Crippen LogP contribution in [0.2, 0.25) is 0 Å². The molecule has 0 spiro atoms. The van der Waals surface area contributed by atoms with Crippen LogP contribution in [0.5, 0.6) is 5.75 Å². The fourth-order valence-electron chi connectivity index (χ4n) is 2.00. The van der Waals surface area contributed by atoms with Gasteiger partial charge in [0.25, 0.3) is 5.22 Å². The van der Waals surface area contributed by atoms with Crippen molar-refractivity contribution < 1.29 is 9.15 Å². The molecule has 0 atom stereocenters. The molecule has 0 aliphatic rings. The highest BCUT2D eigenvalue weighted by molar-refractivity contribution is 7.98. The second kappa shape index (κ2) is 8.10. The molecule has 0 saturated heterocycles. The van der Waals surface area contributed by atoms with Gasteiger partial charge in [-0.1, -0.05) is 24.8 Å². The van der Waals surface area contributed by atoms with Gasteiger partial charge in [0.15, 0.2) is 0 Å². The van der Waals surface area contributed by atoms with Crippen molar-refractivity contribution in [2.24, 2.45) is 0 Å². The minimum absolute atomic E-state index is 0.698. The standard InChI is InChI=1S/C16H22N2O2S/c1-4-7-17-9-13-5-6-15(19-3)14(8-13)11-21-16-18-12(2)10-20-16/h5-6,8,10,17H,4,7,9,11H2,1-3H3. The van der Waals surface area contributed by atoms with Gasteiger partial charge in [-0.2, -0.15) is 0 Å². The van der Waals surface area contributed by atoms with E-state index in [0.717, 1.165) is 42.3 Å². The average molecular weight is 306 g/mol. The Balaban J connectivity index is 2.02. The summed E-state index contributed by atoms with van der Waals surface area (Å²) >= 11 is 1.58. The molecule has 21 heavy (non-hydrogen) atoms. The van der Waals surface area contributed by atoms with Crippen molar-refractivity contribution in [3.8, 4) is 5.75 Å². The van der Waals surface area contributed by atoms with Gasteiger partial charge in [-0.15, -0.1) is 0 Å². The molecular weight excluding hydrogens is 284 g/mol. The Bertz CT molecular complexity index is 569. The van der Waals surface area contributed by atoms with Crippen molar-refractivity contribution in [3.63, 3.8) is 0 Å². The smallest absolute Gasteiger partial charge is 0.256 e. The van der Waals surface area contributed by atoms with Crippen LogP contribution in [0.3, 0.4) is 0 Å². The topological polar surface area (TPSA) is 47.3 Å². The van der Waals surface area contributed by atoms with E-state index in [0.29, 0.717) is 5.22 Å². The number of hydrogen-bond donors (Lipinski definition) is 1. The molecule has 1 aromatic carbocycles. The maximum atomic E-state index is 5.43. The Hall–Kier alpha value is -1.46. The zero-order valence-electron chi connectivity index (χ0n) is 12.8. The van der Waals surface area contributed by atoms with E-state index in [1.165, 1.54) is 5.56 Å². The Morgan fingerprint density at radius 2 is 2.24 bits per heavy atom. The van der Waals surface area contributed by atoms with Gasteiger partial charge in [-0.25, -0.2) is 4.98 Å². The molecule has 0 amide bonds. The first kappa shape index (κ1) is 15.9. The summed E-state index contributed by atoms with van der Waals surface area (Å²) in [5.74, 6) is 1.69. The fraction of sp³-hybridized carbons (Fsp3) is 0.438. The number of oxazole rings is 1. The quantitative estimate of drug-likeness (QED) is 0.594. The molecular formula is C16H22N2O2S. The fourth-order valence-corrected chi connectivity index (χ4v) is 2.83. The molecule has 0 saturated carbocycles. The molecule has 0 bridgehead atoms. The highest BCUT2D eigenvalue weighted by Gasteiger charge is 2.08. The summed E-state index contributed by atoms with van der Waals surface area (Å²) < 4.78 is 10.8. The molecule has 1 aromatic heterocycles. The first-order valence-corrected chi connectivity index (χ1v) is 8.13. The van der Waals surface area contributed by atoms with Crippen LogP contribution in [0, 0.1) is 6.92 Å². The van der Waals surface area contributed by atoms with Crippen molar-refractivity contribution in [2.45, 2.75) is 37.8 Å². The van der Waals surface area contributed by atoms with Crippen molar-refractivity contribution in [1.82, 2.24) is 10.3 Å². The molecule has 1 N–H and O–H groups in total. The number of ether oxygens (including phenoxy) is 1. The maximum absolute atomic E-state index is 5.43. The van der Waals surface area contributed by atoms with E-state index < -0.39 is 0 Å². The van der Waals surface area contributed by atoms with Gasteiger partial charge >= 0.3 is 0 Å². The van der Waals surface area contributed by atoms with E-state index in [9.17, 15) is 0 Å². The lowest BCUT2D eigenvalue weighted by Crippen LogP contribution is -2.13. The Morgan fingerprint density at radius 3 is 2.90 bits per heavy atom. The Labute approximate surface area is 130 Å². The van der Waals surface area contributed by atoms with Gasteiger partial charge in [-0.3, -0.25) is 0 Å². The number of hydrogen-bond acceptors (Lipinski definition) is 5. The zero-order chi connectivity index (χ0) is 15.1. The third kappa shape index (κ3) is 4.79. The van der Waals surface area contributed by atoms with Crippen LogP contribution in [-0.2, 0) is 12.3 Å². The van der Waals surface area contributed by atoms with Crippen LogP contribution in [0.15, 0.2) is 34.1 Å². The molecule has 0 aliphatic carbocycles. The molecule has 2 rings (SSSR count). The summed E-state index contributed by atoms with van der Waals surface area (Å²) in [6.45, 7) is 6.01. The average Bonchev–Trinajstić information content (AvgIpc) is 2.91. The van der Waals surface area contributed by atoms with E-state index in [2.05, 4.69) is 29.4 Å². The van der Waals surface area contributed by atoms with E-state index in [1.54, 1.807) is 25.1 Å². The minimum Gasteiger partial charge on any atom is -0.496 e. The molecule has 2 aromatic rings. The maximum Gasteiger partial charge on any atom is 0.256 e. The molecule has 0 unspecified atom stereocenters. The van der Waals surface area contributed by atoms with E-state index in [-0.39, 0.29) is 0 Å². The molecule has 0 radical (unpaired) electrons. The predicted octanol–water partition coefficient (Wildman–Crippen LogP) is 3.78. The summed E-state index contributed by atoms with van der Waals surface area (Å²) in [5, 5.41) is 4.11. The lowest BCUT2D eigenvalue weighted by molar-refractivity contribution is 0.411. The number of benzene rings is 1. The van der Waals surface area contributed by atoms with Crippen molar-refractivity contribution in [1.29, 1.82) is 0 Å². The van der Waals surface area contributed by atoms with Gasteiger partial charge in [0, 0.05) is 17.9 Å². The van der Waals surface area contributed by atoms with Crippen LogP contribution >= 0.6 is 11.8 Å². The summed E-state index contributed by atoms with van der Waals surface area (Å²) in [7, 11) is 1.70. The minimum atomic E-state index is 0.698. The number of nitrogens with one attached hydrogen (secondary N) is 1. The SMILES string of the molecule is CCCNCc1ccc(OC)c(CSc2nc(C)co2)c1. The second-order valence-electron chi connectivity index (χ2n) is 4.87.